The van der Waals surface area contributed by atoms with E-state index in [0.29, 0.717) is 23.9 Å². The lowest BCUT2D eigenvalue weighted by molar-refractivity contribution is -0.127. The van der Waals surface area contributed by atoms with E-state index in [1.807, 2.05) is 0 Å². The fourth-order valence-electron chi connectivity index (χ4n) is 2.81. The summed E-state index contributed by atoms with van der Waals surface area (Å²) >= 11 is 6.02. The monoisotopic (exact) mass is 361 g/mol. The topological polar surface area (TPSA) is 73.2 Å². The SMILES string of the molecule is CC(Oc1ccccc1Cl)C(=O)NCCn1nc2c(cc1=O)CCC2. The first-order chi connectivity index (χ1) is 12.0. The zero-order valence-electron chi connectivity index (χ0n) is 14.0. The second kappa shape index (κ2) is 7.70. The van der Waals surface area contributed by atoms with Gasteiger partial charge in [0.05, 0.1) is 17.3 Å². The molecule has 1 unspecified atom stereocenters. The number of hydrogen-bond donors (Lipinski definition) is 1. The summed E-state index contributed by atoms with van der Waals surface area (Å²) in [6.07, 6.45) is 2.18. The van der Waals surface area contributed by atoms with Crippen LogP contribution < -0.4 is 15.6 Å². The minimum Gasteiger partial charge on any atom is -0.479 e. The summed E-state index contributed by atoms with van der Waals surface area (Å²) in [6, 6.07) is 8.65. The van der Waals surface area contributed by atoms with Crippen LogP contribution in [0.1, 0.15) is 24.6 Å². The van der Waals surface area contributed by atoms with Gasteiger partial charge in [0.15, 0.2) is 6.10 Å². The standard InChI is InChI=1S/C18H20ClN3O3/c1-12(25-16-8-3-2-6-14(16)19)18(24)20-9-10-22-17(23)11-13-5-4-7-15(13)21-22/h2-3,6,8,11-12H,4-5,7,9-10H2,1H3,(H,20,24). The Balaban J connectivity index is 1.53. The zero-order valence-corrected chi connectivity index (χ0v) is 14.8. The molecule has 7 heteroatoms. The second-order valence-electron chi connectivity index (χ2n) is 6.01. The molecule has 0 bridgehead atoms. The van der Waals surface area contributed by atoms with E-state index in [1.54, 1.807) is 37.3 Å². The Morgan fingerprint density at radius 3 is 3.00 bits per heavy atom. The van der Waals surface area contributed by atoms with E-state index >= 15 is 0 Å². The number of benzene rings is 1. The highest BCUT2D eigenvalue weighted by atomic mass is 35.5. The summed E-state index contributed by atoms with van der Waals surface area (Å²) in [5, 5.41) is 7.59. The average Bonchev–Trinajstić information content (AvgIpc) is 3.04. The van der Waals surface area contributed by atoms with Gasteiger partial charge in [-0.2, -0.15) is 5.10 Å². The van der Waals surface area contributed by atoms with Gasteiger partial charge in [0.1, 0.15) is 5.75 Å². The number of para-hydroxylation sites is 1. The van der Waals surface area contributed by atoms with E-state index in [2.05, 4.69) is 10.4 Å². The number of fused-ring (bicyclic) bond motifs is 1. The second-order valence-corrected chi connectivity index (χ2v) is 6.42. The third-order valence-corrected chi connectivity index (χ3v) is 4.47. The van der Waals surface area contributed by atoms with Crippen molar-refractivity contribution in [2.75, 3.05) is 6.54 Å². The summed E-state index contributed by atoms with van der Waals surface area (Å²) in [4.78, 5) is 24.1. The van der Waals surface area contributed by atoms with Gasteiger partial charge in [0, 0.05) is 12.6 Å². The molecule has 2 aromatic rings. The van der Waals surface area contributed by atoms with Crippen LogP contribution in [-0.4, -0.2) is 28.3 Å². The van der Waals surface area contributed by atoms with Crippen molar-refractivity contribution >= 4 is 17.5 Å². The summed E-state index contributed by atoms with van der Waals surface area (Å²) in [7, 11) is 0. The minimum atomic E-state index is -0.690. The van der Waals surface area contributed by atoms with Crippen LogP contribution in [0.2, 0.25) is 5.02 Å². The first kappa shape index (κ1) is 17.5. The summed E-state index contributed by atoms with van der Waals surface area (Å²) in [6.45, 7) is 2.29. The number of carbonyl (C=O) groups is 1. The molecule has 6 nitrogen and oxygen atoms in total. The van der Waals surface area contributed by atoms with Crippen molar-refractivity contribution in [1.29, 1.82) is 0 Å². The first-order valence-corrected chi connectivity index (χ1v) is 8.71. The Morgan fingerprint density at radius 2 is 2.20 bits per heavy atom. The van der Waals surface area contributed by atoms with Crippen molar-refractivity contribution in [2.45, 2.75) is 38.8 Å². The van der Waals surface area contributed by atoms with Crippen molar-refractivity contribution in [3.05, 3.63) is 57.0 Å². The number of aromatic nitrogens is 2. The molecule has 0 aliphatic heterocycles. The molecular weight excluding hydrogens is 342 g/mol. The van der Waals surface area contributed by atoms with Gasteiger partial charge in [-0.1, -0.05) is 23.7 Å². The third-order valence-electron chi connectivity index (χ3n) is 4.16. The van der Waals surface area contributed by atoms with Gasteiger partial charge in [0.25, 0.3) is 11.5 Å². The largest absolute Gasteiger partial charge is 0.479 e. The molecule has 1 atom stereocenters. The number of halogens is 1. The van der Waals surface area contributed by atoms with Crippen molar-refractivity contribution in [3.63, 3.8) is 0 Å². The number of aryl methyl sites for hydroxylation is 2. The van der Waals surface area contributed by atoms with Crippen LogP contribution in [0, 0.1) is 0 Å². The molecular formula is C18H20ClN3O3. The molecule has 1 amide bonds. The Morgan fingerprint density at radius 1 is 1.40 bits per heavy atom. The van der Waals surface area contributed by atoms with Crippen LogP contribution in [0.25, 0.3) is 0 Å². The van der Waals surface area contributed by atoms with Crippen molar-refractivity contribution < 1.29 is 9.53 Å². The normalized spacial score (nSPS) is 14.0. The van der Waals surface area contributed by atoms with E-state index < -0.39 is 6.10 Å². The highest BCUT2D eigenvalue weighted by Gasteiger charge is 2.17. The molecule has 0 saturated carbocycles. The number of nitrogens with one attached hydrogen (secondary N) is 1. The molecule has 0 fully saturated rings. The maximum absolute atomic E-state index is 12.1. The molecule has 25 heavy (non-hydrogen) atoms. The highest BCUT2D eigenvalue weighted by molar-refractivity contribution is 6.32. The van der Waals surface area contributed by atoms with Crippen molar-refractivity contribution in [3.8, 4) is 5.75 Å². The van der Waals surface area contributed by atoms with Crippen LogP contribution in [-0.2, 0) is 24.2 Å². The molecule has 0 saturated heterocycles. The average molecular weight is 362 g/mol. The van der Waals surface area contributed by atoms with Crippen LogP contribution in [0.15, 0.2) is 35.1 Å². The highest BCUT2D eigenvalue weighted by Crippen LogP contribution is 2.24. The third kappa shape index (κ3) is 4.20. The van der Waals surface area contributed by atoms with E-state index in [0.717, 1.165) is 30.5 Å². The molecule has 1 aliphatic carbocycles. The van der Waals surface area contributed by atoms with Gasteiger partial charge in [-0.15, -0.1) is 0 Å². The fourth-order valence-corrected chi connectivity index (χ4v) is 2.99. The van der Waals surface area contributed by atoms with Crippen molar-refractivity contribution in [2.24, 2.45) is 0 Å². The predicted molar refractivity (Wildman–Crippen MR) is 95.1 cm³/mol. The van der Waals surface area contributed by atoms with Crippen LogP contribution in [0.3, 0.4) is 0 Å². The Bertz CT molecular complexity index is 835. The summed E-state index contributed by atoms with van der Waals surface area (Å²) in [5.74, 6) is 0.192. The van der Waals surface area contributed by atoms with Crippen LogP contribution in [0.4, 0.5) is 0 Å². The van der Waals surface area contributed by atoms with Gasteiger partial charge in [-0.05, 0) is 43.9 Å². The lowest BCUT2D eigenvalue weighted by Crippen LogP contribution is -2.39. The van der Waals surface area contributed by atoms with Gasteiger partial charge >= 0.3 is 0 Å². The summed E-state index contributed by atoms with van der Waals surface area (Å²) < 4.78 is 6.97. The molecule has 132 valence electrons. The Kier molecular flexibility index (Phi) is 5.38. The smallest absolute Gasteiger partial charge is 0.267 e. The zero-order chi connectivity index (χ0) is 17.8. The maximum atomic E-state index is 12.1. The van der Waals surface area contributed by atoms with Crippen molar-refractivity contribution in [1.82, 2.24) is 15.1 Å². The fraction of sp³-hybridized carbons (Fsp3) is 0.389. The number of hydrogen-bond acceptors (Lipinski definition) is 4. The molecule has 1 aliphatic rings. The quantitative estimate of drug-likeness (QED) is 0.853. The number of carbonyl (C=O) groups excluding carboxylic acids is 1. The van der Waals surface area contributed by atoms with Gasteiger partial charge in [0.2, 0.25) is 0 Å². The first-order valence-electron chi connectivity index (χ1n) is 8.33. The molecule has 1 aromatic heterocycles. The number of nitrogens with zero attached hydrogens (tertiary/aromatic N) is 2. The number of rotatable bonds is 6. The van der Waals surface area contributed by atoms with Crippen LogP contribution >= 0.6 is 11.6 Å². The van der Waals surface area contributed by atoms with E-state index in [4.69, 9.17) is 16.3 Å². The predicted octanol–water partition coefficient (Wildman–Crippen LogP) is 1.97. The summed E-state index contributed by atoms with van der Waals surface area (Å²) in [5.41, 5.74) is 1.91. The molecule has 0 radical (unpaired) electrons. The maximum Gasteiger partial charge on any atom is 0.267 e. The lowest BCUT2D eigenvalue weighted by Gasteiger charge is -2.15. The molecule has 1 heterocycles. The molecule has 0 spiro atoms. The van der Waals surface area contributed by atoms with Gasteiger partial charge in [-0.3, -0.25) is 9.59 Å². The van der Waals surface area contributed by atoms with E-state index in [-0.39, 0.29) is 11.5 Å². The lowest BCUT2D eigenvalue weighted by atomic mass is 10.2. The van der Waals surface area contributed by atoms with E-state index in [9.17, 15) is 9.59 Å². The Hall–Kier alpha value is -2.34. The number of amides is 1. The molecule has 3 rings (SSSR count). The van der Waals surface area contributed by atoms with Crippen LogP contribution in [0.5, 0.6) is 5.75 Å². The minimum absolute atomic E-state index is 0.129. The molecule has 1 aromatic carbocycles. The van der Waals surface area contributed by atoms with Gasteiger partial charge in [-0.25, -0.2) is 4.68 Å². The van der Waals surface area contributed by atoms with E-state index in [1.165, 1.54) is 4.68 Å². The molecule has 1 N–H and O–H groups in total. The number of ether oxygens (including phenoxy) is 1. The Labute approximate surface area is 150 Å². The van der Waals surface area contributed by atoms with Gasteiger partial charge < -0.3 is 10.1 Å².